The molecule has 0 radical (unpaired) electrons. The van der Waals surface area contributed by atoms with Crippen molar-refractivity contribution in [3.05, 3.63) is 58.4 Å². The second-order valence-electron chi connectivity index (χ2n) is 6.51. The maximum Gasteiger partial charge on any atom is 0.304 e. The van der Waals surface area contributed by atoms with E-state index in [1.807, 2.05) is 0 Å². The highest BCUT2D eigenvalue weighted by Crippen LogP contribution is 2.35. The number of hydrogen-bond donors (Lipinski definition) is 1. The van der Waals surface area contributed by atoms with Gasteiger partial charge in [0, 0.05) is 5.69 Å². The fourth-order valence-corrected chi connectivity index (χ4v) is 4.34. The number of carbonyl (C=O) groups is 2. The molecular formula is C19H13F3N2O3S. The van der Waals surface area contributed by atoms with Crippen LogP contribution in [0, 0.1) is 23.4 Å². The zero-order chi connectivity index (χ0) is 20.0. The summed E-state index contributed by atoms with van der Waals surface area (Å²) in [6.07, 6.45) is -0.265. The Labute approximate surface area is 161 Å². The van der Waals surface area contributed by atoms with E-state index in [0.717, 1.165) is 17.4 Å². The Balaban J connectivity index is 1.74. The number of anilines is 1. The van der Waals surface area contributed by atoms with Gasteiger partial charge in [-0.15, -0.1) is 11.3 Å². The Morgan fingerprint density at radius 3 is 2.79 bits per heavy atom. The molecule has 2 aromatic carbocycles. The van der Waals surface area contributed by atoms with E-state index in [0.29, 0.717) is 21.0 Å². The van der Waals surface area contributed by atoms with Crippen molar-refractivity contribution in [3.8, 4) is 0 Å². The first kappa shape index (κ1) is 18.4. The summed E-state index contributed by atoms with van der Waals surface area (Å²) in [6, 6.07) is 6.35. The Morgan fingerprint density at radius 1 is 1.25 bits per heavy atom. The van der Waals surface area contributed by atoms with Crippen LogP contribution in [0.2, 0.25) is 0 Å². The molecule has 0 fully saturated rings. The third kappa shape index (κ3) is 3.22. The van der Waals surface area contributed by atoms with Crippen LogP contribution >= 0.6 is 11.3 Å². The molecule has 3 aromatic rings. The van der Waals surface area contributed by atoms with E-state index >= 15 is 0 Å². The normalized spacial score (nSPS) is 16.5. The highest BCUT2D eigenvalue weighted by molar-refractivity contribution is 7.18. The van der Waals surface area contributed by atoms with Crippen molar-refractivity contribution in [2.75, 3.05) is 4.90 Å². The lowest BCUT2D eigenvalue weighted by Gasteiger charge is -2.33. The van der Waals surface area contributed by atoms with Gasteiger partial charge in [0.25, 0.3) is 0 Å². The number of amides is 1. The quantitative estimate of drug-likeness (QED) is 0.714. The van der Waals surface area contributed by atoms with Crippen molar-refractivity contribution in [2.45, 2.75) is 19.4 Å². The fraction of sp³-hybridized carbons (Fsp3) is 0.211. The number of carboxylic acids is 1. The van der Waals surface area contributed by atoms with Gasteiger partial charge in [-0.1, -0.05) is 0 Å². The van der Waals surface area contributed by atoms with E-state index in [-0.39, 0.29) is 24.9 Å². The largest absolute Gasteiger partial charge is 0.481 e. The van der Waals surface area contributed by atoms with Gasteiger partial charge in [-0.2, -0.15) is 0 Å². The number of fused-ring (bicyclic) bond motifs is 2. The molecule has 9 heteroatoms. The Morgan fingerprint density at radius 2 is 2.04 bits per heavy atom. The van der Waals surface area contributed by atoms with Gasteiger partial charge in [0.2, 0.25) is 5.91 Å². The third-order valence-electron chi connectivity index (χ3n) is 4.62. The molecule has 1 aromatic heterocycles. The number of carbonyl (C=O) groups excluding carboxylic acids is 1. The van der Waals surface area contributed by atoms with Crippen molar-refractivity contribution in [3.63, 3.8) is 0 Å². The van der Waals surface area contributed by atoms with Crippen molar-refractivity contribution >= 4 is 39.1 Å². The summed E-state index contributed by atoms with van der Waals surface area (Å²) < 4.78 is 41.4. The monoisotopic (exact) mass is 406 g/mol. The Hall–Kier alpha value is -2.94. The third-order valence-corrected chi connectivity index (χ3v) is 5.63. The average molecular weight is 406 g/mol. The molecule has 1 amide bonds. The molecule has 1 unspecified atom stereocenters. The van der Waals surface area contributed by atoms with Gasteiger partial charge in [0.1, 0.15) is 16.3 Å². The van der Waals surface area contributed by atoms with Crippen molar-refractivity contribution in [1.29, 1.82) is 0 Å². The Bertz CT molecular complexity index is 1120. The second kappa shape index (κ2) is 6.90. The first-order valence-electron chi connectivity index (χ1n) is 8.38. The number of aromatic nitrogens is 1. The van der Waals surface area contributed by atoms with Crippen molar-refractivity contribution in [1.82, 2.24) is 4.98 Å². The summed E-state index contributed by atoms with van der Waals surface area (Å²) in [5.41, 5.74) is 0.856. The predicted octanol–water partition coefficient (Wildman–Crippen LogP) is 3.89. The number of thiazole rings is 1. The molecule has 5 nitrogen and oxygen atoms in total. The standard InChI is InChI=1S/C19H13F3N2O3S/c20-11-1-3-13-9(6-11)5-10(7-16(25)26)19(27)24(13)8-15-23-18-14(28-15)4-2-12(21)17(18)22/h1-4,6,10H,5,7-8H2,(H,25,26). The van der Waals surface area contributed by atoms with Gasteiger partial charge in [-0.3, -0.25) is 9.59 Å². The van der Waals surface area contributed by atoms with Crippen LogP contribution in [0.25, 0.3) is 10.2 Å². The number of benzene rings is 2. The lowest BCUT2D eigenvalue weighted by atomic mass is 9.89. The topological polar surface area (TPSA) is 70.5 Å². The van der Waals surface area contributed by atoms with E-state index in [4.69, 9.17) is 5.11 Å². The van der Waals surface area contributed by atoms with Gasteiger partial charge < -0.3 is 10.0 Å². The number of halogens is 3. The lowest BCUT2D eigenvalue weighted by Crippen LogP contribution is -2.41. The molecule has 1 N–H and O–H groups in total. The SMILES string of the molecule is O=C(O)CC1Cc2cc(F)ccc2N(Cc2nc3c(F)c(F)ccc3s2)C1=O. The van der Waals surface area contributed by atoms with Crippen molar-refractivity contribution in [2.24, 2.45) is 5.92 Å². The summed E-state index contributed by atoms with van der Waals surface area (Å²) in [5, 5.41) is 9.44. The van der Waals surface area contributed by atoms with Crippen LogP contribution in [0.5, 0.6) is 0 Å². The zero-order valence-corrected chi connectivity index (χ0v) is 15.1. The highest BCUT2D eigenvalue weighted by atomic mass is 32.1. The highest BCUT2D eigenvalue weighted by Gasteiger charge is 2.35. The zero-order valence-electron chi connectivity index (χ0n) is 14.3. The van der Waals surface area contributed by atoms with Gasteiger partial charge in [0.15, 0.2) is 11.6 Å². The van der Waals surface area contributed by atoms with Gasteiger partial charge in [-0.25, -0.2) is 18.2 Å². The van der Waals surface area contributed by atoms with Crippen molar-refractivity contribution < 1.29 is 27.9 Å². The van der Waals surface area contributed by atoms with E-state index in [1.54, 1.807) is 0 Å². The van der Waals surface area contributed by atoms with E-state index in [1.165, 1.54) is 29.2 Å². The van der Waals surface area contributed by atoms with Gasteiger partial charge in [-0.05, 0) is 42.3 Å². The summed E-state index contributed by atoms with van der Waals surface area (Å²) in [4.78, 5) is 29.4. The minimum absolute atomic E-state index is 0.0476. The van der Waals surface area contributed by atoms with Crippen LogP contribution in [0.3, 0.4) is 0 Å². The smallest absolute Gasteiger partial charge is 0.304 e. The second-order valence-corrected chi connectivity index (χ2v) is 7.63. The van der Waals surface area contributed by atoms with Crippen LogP contribution < -0.4 is 4.90 Å². The first-order valence-corrected chi connectivity index (χ1v) is 9.20. The number of hydrogen-bond acceptors (Lipinski definition) is 4. The Kier molecular flexibility index (Phi) is 4.54. The van der Waals surface area contributed by atoms with Crippen LogP contribution in [0.15, 0.2) is 30.3 Å². The average Bonchev–Trinajstić information content (AvgIpc) is 3.05. The number of aliphatic carboxylic acids is 1. The molecular weight excluding hydrogens is 393 g/mol. The predicted molar refractivity (Wildman–Crippen MR) is 96.6 cm³/mol. The number of carboxylic acid groups (broad SMARTS) is 1. The molecule has 1 aliphatic heterocycles. The molecule has 28 heavy (non-hydrogen) atoms. The lowest BCUT2D eigenvalue weighted by molar-refractivity contribution is -0.140. The van der Waals surface area contributed by atoms with Crippen LogP contribution in [0.4, 0.5) is 18.9 Å². The van der Waals surface area contributed by atoms with Crippen LogP contribution in [0.1, 0.15) is 17.0 Å². The summed E-state index contributed by atoms with van der Waals surface area (Å²) in [5.74, 6) is -4.95. The van der Waals surface area contributed by atoms with Gasteiger partial charge >= 0.3 is 5.97 Å². The minimum Gasteiger partial charge on any atom is -0.481 e. The maximum absolute atomic E-state index is 13.9. The summed E-state index contributed by atoms with van der Waals surface area (Å²) >= 11 is 1.11. The minimum atomic E-state index is -1.13. The molecule has 0 bridgehead atoms. The molecule has 0 saturated carbocycles. The van der Waals surface area contributed by atoms with Crippen LogP contribution in [-0.4, -0.2) is 22.0 Å². The molecule has 4 rings (SSSR count). The first-order chi connectivity index (χ1) is 13.3. The van der Waals surface area contributed by atoms with E-state index in [9.17, 15) is 22.8 Å². The van der Waals surface area contributed by atoms with E-state index < -0.39 is 35.2 Å². The molecule has 1 aliphatic rings. The van der Waals surface area contributed by atoms with Crippen LogP contribution in [-0.2, 0) is 22.6 Å². The molecule has 1 atom stereocenters. The number of nitrogens with zero attached hydrogens (tertiary/aromatic N) is 2. The summed E-state index contributed by atoms with van der Waals surface area (Å²) in [6.45, 7) is -0.0476. The van der Waals surface area contributed by atoms with Gasteiger partial charge in [0.05, 0.1) is 23.6 Å². The van der Waals surface area contributed by atoms with E-state index in [2.05, 4.69) is 4.98 Å². The summed E-state index contributed by atoms with van der Waals surface area (Å²) in [7, 11) is 0. The molecule has 0 aliphatic carbocycles. The molecule has 0 saturated heterocycles. The molecule has 144 valence electrons. The fourth-order valence-electron chi connectivity index (χ4n) is 3.39. The molecule has 2 heterocycles. The maximum atomic E-state index is 13.9. The number of rotatable bonds is 4. The molecule has 0 spiro atoms.